The SMILES string of the molecule is N/C(=N\O)c1cc(Br)ccc1NC(=O)c1cccc(S(=O)(=O)N2CCOCC2)c1.O=C(Nc1ccc(Br)cc1-c1noc(=O)[nH]1)c1cccc(S(=O)(=O)N2CCOCC2)c1. The number of ether oxygens (including phenoxy) is 2. The average molecular weight is 993 g/mol. The molecule has 5 aromatic rings. The zero-order chi connectivity index (χ0) is 43.0. The highest BCUT2D eigenvalue weighted by atomic mass is 79.9. The number of amidine groups is 1. The lowest BCUT2D eigenvalue weighted by Crippen LogP contribution is -2.40. The van der Waals surface area contributed by atoms with Crippen molar-refractivity contribution < 1.29 is 45.6 Å². The summed E-state index contributed by atoms with van der Waals surface area (Å²) in [5, 5.41) is 21.0. The maximum Gasteiger partial charge on any atom is 0.439 e. The largest absolute Gasteiger partial charge is 0.439 e. The lowest BCUT2D eigenvalue weighted by Gasteiger charge is -2.26. The molecule has 316 valence electrons. The Kier molecular flexibility index (Phi) is 14.3. The maximum atomic E-state index is 12.9. The monoisotopic (exact) mass is 990 g/mol. The van der Waals surface area contributed by atoms with Gasteiger partial charge < -0.3 is 31.0 Å². The van der Waals surface area contributed by atoms with Crippen LogP contribution in [0.2, 0.25) is 0 Å². The van der Waals surface area contributed by atoms with Gasteiger partial charge in [-0.15, -0.1) is 0 Å². The first-order chi connectivity index (χ1) is 28.7. The number of anilines is 2. The van der Waals surface area contributed by atoms with E-state index in [0.717, 1.165) is 0 Å². The highest BCUT2D eigenvalue weighted by Crippen LogP contribution is 2.29. The third kappa shape index (κ3) is 10.5. The summed E-state index contributed by atoms with van der Waals surface area (Å²) in [6, 6.07) is 21.4. The van der Waals surface area contributed by atoms with Crippen LogP contribution in [-0.2, 0) is 29.5 Å². The van der Waals surface area contributed by atoms with Crippen molar-refractivity contribution in [2.24, 2.45) is 10.9 Å². The van der Waals surface area contributed by atoms with Crippen LogP contribution in [0.4, 0.5) is 11.4 Å². The molecular formula is C37H36Br2N8O11S2. The van der Waals surface area contributed by atoms with Gasteiger partial charge in [-0.05, 0) is 72.8 Å². The second-order valence-corrected chi connectivity index (χ2v) is 18.5. The second kappa shape index (κ2) is 19.4. The van der Waals surface area contributed by atoms with Crippen molar-refractivity contribution in [1.29, 1.82) is 0 Å². The van der Waals surface area contributed by atoms with Gasteiger partial charge >= 0.3 is 5.76 Å². The Hall–Kier alpha value is -5.27. The Labute approximate surface area is 359 Å². The number of nitrogens with zero attached hydrogens (tertiary/aromatic N) is 4. The molecule has 0 spiro atoms. The van der Waals surface area contributed by atoms with Gasteiger partial charge in [0.2, 0.25) is 20.0 Å². The van der Waals surface area contributed by atoms with Crippen LogP contribution in [0.15, 0.2) is 118 Å². The van der Waals surface area contributed by atoms with Gasteiger partial charge in [-0.2, -0.15) is 8.61 Å². The van der Waals surface area contributed by atoms with E-state index in [2.05, 4.69) is 62.3 Å². The van der Waals surface area contributed by atoms with E-state index in [1.807, 2.05) is 0 Å². The van der Waals surface area contributed by atoms with Gasteiger partial charge in [0.25, 0.3) is 11.8 Å². The van der Waals surface area contributed by atoms with Crippen molar-refractivity contribution in [2.75, 3.05) is 63.2 Å². The molecule has 4 aromatic carbocycles. The predicted octanol–water partition coefficient (Wildman–Crippen LogP) is 3.88. The molecule has 19 nitrogen and oxygen atoms in total. The molecule has 2 aliphatic heterocycles. The Morgan fingerprint density at radius 1 is 0.733 bits per heavy atom. The summed E-state index contributed by atoms with van der Waals surface area (Å²) < 4.78 is 70.4. The van der Waals surface area contributed by atoms with Crippen molar-refractivity contribution in [2.45, 2.75) is 9.79 Å². The van der Waals surface area contributed by atoms with Gasteiger partial charge in [-0.3, -0.25) is 19.1 Å². The van der Waals surface area contributed by atoms with Crippen LogP contribution >= 0.6 is 31.9 Å². The van der Waals surface area contributed by atoms with Gasteiger partial charge in [0.15, 0.2) is 11.7 Å². The average Bonchev–Trinajstić information content (AvgIpc) is 3.71. The molecular weight excluding hydrogens is 956 g/mol. The predicted molar refractivity (Wildman–Crippen MR) is 225 cm³/mol. The number of aromatic nitrogens is 2. The number of amides is 2. The van der Waals surface area contributed by atoms with Crippen LogP contribution < -0.4 is 22.1 Å². The van der Waals surface area contributed by atoms with E-state index in [1.54, 1.807) is 36.4 Å². The van der Waals surface area contributed by atoms with E-state index in [-0.39, 0.29) is 58.8 Å². The molecule has 6 N–H and O–H groups in total. The minimum absolute atomic E-state index is 0.0268. The molecule has 1 aromatic heterocycles. The number of carbonyl (C=O) groups is 2. The number of carbonyl (C=O) groups excluding carboxylic acids is 2. The first-order valence-corrected chi connectivity index (χ1v) is 22.3. The van der Waals surface area contributed by atoms with Gasteiger partial charge in [0.1, 0.15) is 0 Å². The third-order valence-corrected chi connectivity index (χ3v) is 13.7. The summed E-state index contributed by atoms with van der Waals surface area (Å²) in [6.07, 6.45) is 0. The molecule has 0 radical (unpaired) electrons. The molecule has 0 atom stereocenters. The Morgan fingerprint density at radius 2 is 1.22 bits per heavy atom. The number of nitrogens with one attached hydrogen (secondary N) is 3. The number of oxime groups is 1. The molecule has 0 aliphatic carbocycles. The molecule has 23 heteroatoms. The second-order valence-electron chi connectivity index (χ2n) is 12.8. The minimum atomic E-state index is -3.74. The molecule has 0 bridgehead atoms. The van der Waals surface area contributed by atoms with Crippen molar-refractivity contribution in [3.8, 4) is 11.4 Å². The van der Waals surface area contributed by atoms with E-state index in [9.17, 15) is 31.2 Å². The van der Waals surface area contributed by atoms with Crippen molar-refractivity contribution in [1.82, 2.24) is 18.8 Å². The number of benzene rings is 4. The summed E-state index contributed by atoms with van der Waals surface area (Å²) >= 11 is 6.63. The molecule has 2 fully saturated rings. The molecule has 0 saturated carbocycles. The van der Waals surface area contributed by atoms with Crippen LogP contribution in [0, 0.1) is 0 Å². The molecule has 2 aliphatic rings. The van der Waals surface area contributed by atoms with Crippen molar-refractivity contribution in [3.63, 3.8) is 0 Å². The van der Waals surface area contributed by atoms with Crippen molar-refractivity contribution >= 4 is 80.9 Å². The fourth-order valence-corrected chi connectivity index (χ4v) is 9.55. The smallest absolute Gasteiger partial charge is 0.409 e. The molecule has 2 saturated heterocycles. The van der Waals surface area contributed by atoms with Crippen LogP contribution in [0.5, 0.6) is 0 Å². The molecule has 2 amide bonds. The van der Waals surface area contributed by atoms with Gasteiger partial charge in [-0.25, -0.2) is 21.6 Å². The number of nitrogens with two attached hydrogens (primary N) is 1. The number of hydrogen-bond donors (Lipinski definition) is 5. The number of aromatic amines is 1. The summed E-state index contributed by atoms with van der Waals surface area (Å²) in [5.41, 5.74) is 7.41. The van der Waals surface area contributed by atoms with Gasteiger partial charge in [-0.1, -0.05) is 54.3 Å². The highest BCUT2D eigenvalue weighted by molar-refractivity contribution is 9.10. The summed E-state index contributed by atoms with van der Waals surface area (Å²) in [7, 11) is -7.47. The van der Waals surface area contributed by atoms with Gasteiger partial charge in [0, 0.05) is 57.4 Å². The standard InChI is InChI=1S/C19H17BrN4O6S.C18H19BrN4O5S/c20-13-4-5-16(15(11-13)17-22-19(26)30-23-17)21-18(25)12-2-1-3-14(10-12)31(27,28)24-6-8-29-9-7-24;19-13-4-5-16(15(11-13)17(20)22-25)21-18(24)12-2-1-3-14(10-12)29(26,27)23-6-8-28-9-7-23/h1-5,10-11H,6-9H2,(H,21,25)(H,22,23,26);1-5,10-11,25H,6-9H2,(H2,20,22)(H,21,24). The lowest BCUT2D eigenvalue weighted by molar-refractivity contribution is 0.0730. The highest BCUT2D eigenvalue weighted by Gasteiger charge is 2.28. The van der Waals surface area contributed by atoms with Gasteiger partial charge in [0.05, 0.1) is 47.6 Å². The van der Waals surface area contributed by atoms with E-state index >= 15 is 0 Å². The zero-order valence-corrected chi connectivity index (χ0v) is 36.0. The molecule has 7 rings (SSSR count). The molecule has 60 heavy (non-hydrogen) atoms. The maximum absolute atomic E-state index is 12.9. The quantitative estimate of drug-likeness (QED) is 0.0576. The summed E-state index contributed by atoms with van der Waals surface area (Å²) in [5.74, 6) is -1.81. The number of H-pyrrole nitrogens is 1. The molecule has 0 unspecified atom stereocenters. The van der Waals surface area contributed by atoms with E-state index in [0.29, 0.717) is 57.9 Å². The van der Waals surface area contributed by atoms with Crippen LogP contribution in [0.3, 0.4) is 0 Å². The summed E-state index contributed by atoms with van der Waals surface area (Å²) in [4.78, 5) is 39.4. The number of halogens is 2. The third-order valence-electron chi connectivity index (χ3n) is 8.95. The first-order valence-electron chi connectivity index (χ1n) is 17.8. The number of hydrogen-bond acceptors (Lipinski definition) is 13. The first kappa shape index (κ1) is 44.3. The van der Waals surface area contributed by atoms with E-state index < -0.39 is 37.6 Å². The Bertz CT molecular complexity index is 2700. The van der Waals surface area contributed by atoms with Crippen molar-refractivity contribution in [3.05, 3.63) is 121 Å². The van der Waals surface area contributed by atoms with E-state index in [4.69, 9.17) is 20.4 Å². The number of sulfonamides is 2. The summed E-state index contributed by atoms with van der Waals surface area (Å²) in [6.45, 7) is 2.38. The molecule has 3 heterocycles. The Balaban J connectivity index is 0.000000202. The van der Waals surface area contributed by atoms with Crippen LogP contribution in [0.25, 0.3) is 11.4 Å². The van der Waals surface area contributed by atoms with Crippen LogP contribution in [0.1, 0.15) is 26.3 Å². The van der Waals surface area contributed by atoms with Crippen LogP contribution in [-0.4, -0.2) is 111 Å². The Morgan fingerprint density at radius 3 is 1.70 bits per heavy atom. The zero-order valence-electron chi connectivity index (χ0n) is 31.2. The topological polar surface area (TPSA) is 269 Å². The fourth-order valence-electron chi connectivity index (χ4n) is 5.92. The normalized spacial score (nSPS) is 15.4. The van der Waals surface area contributed by atoms with E-state index in [1.165, 1.54) is 57.1 Å². The minimum Gasteiger partial charge on any atom is -0.409 e. The fraction of sp³-hybridized carbons (Fsp3) is 0.216. The number of rotatable bonds is 10. The lowest BCUT2D eigenvalue weighted by atomic mass is 10.1. The number of morpholine rings is 2.